The Morgan fingerprint density at radius 2 is 1.52 bits per heavy atom. The van der Waals surface area contributed by atoms with E-state index in [9.17, 15) is 0 Å². The molecular weight excluding hydrogens is 262 g/mol. The Morgan fingerprint density at radius 1 is 0.857 bits per heavy atom. The second kappa shape index (κ2) is 6.64. The molecule has 1 aliphatic carbocycles. The molecule has 0 heterocycles. The van der Waals surface area contributed by atoms with Crippen LogP contribution in [-0.4, -0.2) is 12.6 Å². The Bertz CT molecular complexity index is 553. The molecule has 21 heavy (non-hydrogen) atoms. The van der Waals surface area contributed by atoms with Gasteiger partial charge in [-0.2, -0.15) is 0 Å². The maximum Gasteiger partial charge on any atom is 0.127 e. The van der Waals surface area contributed by atoms with Crippen molar-refractivity contribution in [3.63, 3.8) is 0 Å². The summed E-state index contributed by atoms with van der Waals surface area (Å²) in [7, 11) is 0. The van der Waals surface area contributed by atoms with Crippen molar-refractivity contribution < 1.29 is 9.47 Å². The third-order valence-electron chi connectivity index (χ3n) is 3.98. The van der Waals surface area contributed by atoms with Crippen LogP contribution in [0.15, 0.2) is 54.6 Å². The third-order valence-corrected chi connectivity index (χ3v) is 3.98. The van der Waals surface area contributed by atoms with Gasteiger partial charge in [-0.25, -0.2) is 0 Å². The Kier molecular flexibility index (Phi) is 4.41. The van der Waals surface area contributed by atoms with Gasteiger partial charge in [0.2, 0.25) is 0 Å². The van der Waals surface area contributed by atoms with Gasteiger partial charge >= 0.3 is 0 Å². The molecule has 0 aliphatic heterocycles. The lowest BCUT2D eigenvalue weighted by Gasteiger charge is -2.16. The summed E-state index contributed by atoms with van der Waals surface area (Å²) < 4.78 is 11.6. The molecule has 0 aromatic heterocycles. The molecule has 0 saturated heterocycles. The molecule has 2 N–H and O–H groups in total. The van der Waals surface area contributed by atoms with Crippen molar-refractivity contribution in [3.05, 3.63) is 54.6 Å². The van der Waals surface area contributed by atoms with Crippen LogP contribution in [0.4, 0.5) is 0 Å². The van der Waals surface area contributed by atoms with Crippen LogP contribution >= 0.6 is 0 Å². The number of benzene rings is 2. The largest absolute Gasteiger partial charge is 0.493 e. The summed E-state index contributed by atoms with van der Waals surface area (Å²) in [6.45, 7) is 0.708. The molecule has 0 bridgehead atoms. The first-order valence-corrected chi connectivity index (χ1v) is 7.52. The lowest BCUT2D eigenvalue weighted by molar-refractivity contribution is 0.239. The minimum absolute atomic E-state index is 0.297. The fourth-order valence-electron chi connectivity index (χ4n) is 2.70. The van der Waals surface area contributed by atoms with Crippen molar-refractivity contribution in [1.29, 1.82) is 0 Å². The fourth-order valence-corrected chi connectivity index (χ4v) is 2.70. The Hall–Kier alpha value is -2.00. The average Bonchev–Trinajstić information content (AvgIpc) is 2.93. The first-order valence-electron chi connectivity index (χ1n) is 7.52. The van der Waals surface area contributed by atoms with Crippen molar-refractivity contribution in [2.75, 3.05) is 6.61 Å². The van der Waals surface area contributed by atoms with Gasteiger partial charge in [-0.3, -0.25) is 0 Å². The van der Waals surface area contributed by atoms with Crippen LogP contribution in [0.25, 0.3) is 0 Å². The molecule has 1 saturated carbocycles. The smallest absolute Gasteiger partial charge is 0.127 e. The number of para-hydroxylation sites is 1. The molecule has 1 aliphatic rings. The van der Waals surface area contributed by atoms with E-state index >= 15 is 0 Å². The van der Waals surface area contributed by atoms with E-state index in [2.05, 4.69) is 0 Å². The monoisotopic (exact) mass is 283 g/mol. The zero-order chi connectivity index (χ0) is 14.5. The maximum absolute atomic E-state index is 6.05. The van der Waals surface area contributed by atoms with Gasteiger partial charge < -0.3 is 15.2 Å². The van der Waals surface area contributed by atoms with E-state index in [0.717, 1.165) is 23.7 Å². The molecule has 0 spiro atoms. The van der Waals surface area contributed by atoms with Gasteiger partial charge in [0.1, 0.15) is 17.2 Å². The normalized spacial score (nSPS) is 21.2. The third kappa shape index (κ3) is 3.76. The van der Waals surface area contributed by atoms with Crippen molar-refractivity contribution in [2.24, 2.45) is 11.7 Å². The Morgan fingerprint density at radius 3 is 2.19 bits per heavy atom. The molecule has 0 amide bonds. The highest BCUT2D eigenvalue weighted by molar-refractivity contribution is 5.35. The zero-order valence-corrected chi connectivity index (χ0v) is 12.1. The highest BCUT2D eigenvalue weighted by Gasteiger charge is 2.24. The van der Waals surface area contributed by atoms with E-state index in [1.54, 1.807) is 0 Å². The molecular formula is C18H21NO2. The van der Waals surface area contributed by atoms with Gasteiger partial charge in [0.15, 0.2) is 0 Å². The van der Waals surface area contributed by atoms with Crippen LogP contribution in [0.1, 0.15) is 19.3 Å². The van der Waals surface area contributed by atoms with E-state index in [-0.39, 0.29) is 0 Å². The number of hydrogen-bond acceptors (Lipinski definition) is 3. The summed E-state index contributed by atoms with van der Waals surface area (Å²) in [5.74, 6) is 3.01. The highest BCUT2D eigenvalue weighted by atomic mass is 16.5. The number of nitrogens with two attached hydrogens (primary N) is 1. The number of ether oxygens (including phenoxy) is 2. The van der Waals surface area contributed by atoms with Gasteiger partial charge in [0.25, 0.3) is 0 Å². The molecule has 2 atom stereocenters. The van der Waals surface area contributed by atoms with Gasteiger partial charge in [-0.15, -0.1) is 0 Å². The van der Waals surface area contributed by atoms with Gasteiger partial charge in [0, 0.05) is 12.0 Å². The summed E-state index contributed by atoms with van der Waals surface area (Å²) in [6.07, 6.45) is 3.52. The lowest BCUT2D eigenvalue weighted by atomic mass is 10.1. The molecule has 0 unspecified atom stereocenters. The summed E-state index contributed by atoms with van der Waals surface area (Å²) in [5, 5.41) is 0. The molecule has 3 heteroatoms. The molecule has 2 aromatic carbocycles. The molecule has 1 fully saturated rings. The quantitative estimate of drug-likeness (QED) is 0.902. The lowest BCUT2D eigenvalue weighted by Crippen LogP contribution is -2.28. The van der Waals surface area contributed by atoms with Gasteiger partial charge in [0.05, 0.1) is 6.61 Å². The van der Waals surface area contributed by atoms with E-state index in [1.165, 1.54) is 12.8 Å². The molecule has 3 nitrogen and oxygen atoms in total. The van der Waals surface area contributed by atoms with Crippen molar-refractivity contribution in [2.45, 2.75) is 25.3 Å². The van der Waals surface area contributed by atoms with Gasteiger partial charge in [-0.05, 0) is 49.2 Å². The van der Waals surface area contributed by atoms with Crippen LogP contribution in [0.2, 0.25) is 0 Å². The first-order chi connectivity index (χ1) is 10.3. The predicted molar refractivity (Wildman–Crippen MR) is 83.8 cm³/mol. The second-order valence-corrected chi connectivity index (χ2v) is 5.55. The van der Waals surface area contributed by atoms with Crippen LogP contribution in [0.5, 0.6) is 17.2 Å². The topological polar surface area (TPSA) is 44.5 Å². The second-order valence-electron chi connectivity index (χ2n) is 5.55. The van der Waals surface area contributed by atoms with E-state index in [0.29, 0.717) is 18.6 Å². The van der Waals surface area contributed by atoms with Crippen molar-refractivity contribution in [1.82, 2.24) is 0 Å². The minimum atomic E-state index is 0.297. The van der Waals surface area contributed by atoms with E-state index < -0.39 is 0 Å². The van der Waals surface area contributed by atoms with Crippen LogP contribution in [0.3, 0.4) is 0 Å². The summed E-state index contributed by atoms with van der Waals surface area (Å²) >= 11 is 0. The van der Waals surface area contributed by atoms with Crippen LogP contribution in [-0.2, 0) is 0 Å². The SMILES string of the molecule is N[C@H]1CCC[C@@H]1COc1ccc(Oc2ccccc2)cc1. The summed E-state index contributed by atoms with van der Waals surface area (Å²) in [5.41, 5.74) is 6.05. The number of hydrogen-bond donors (Lipinski definition) is 1. The molecule has 0 radical (unpaired) electrons. The molecule has 110 valence electrons. The maximum atomic E-state index is 6.05. The average molecular weight is 283 g/mol. The van der Waals surface area contributed by atoms with Crippen molar-refractivity contribution in [3.8, 4) is 17.2 Å². The van der Waals surface area contributed by atoms with Crippen molar-refractivity contribution >= 4 is 0 Å². The Balaban J connectivity index is 1.54. The van der Waals surface area contributed by atoms with E-state index in [4.69, 9.17) is 15.2 Å². The number of rotatable bonds is 5. The zero-order valence-electron chi connectivity index (χ0n) is 12.1. The van der Waals surface area contributed by atoms with E-state index in [1.807, 2.05) is 54.6 Å². The van der Waals surface area contributed by atoms with Crippen LogP contribution < -0.4 is 15.2 Å². The fraction of sp³-hybridized carbons (Fsp3) is 0.333. The van der Waals surface area contributed by atoms with Gasteiger partial charge in [-0.1, -0.05) is 24.6 Å². The Labute approximate surface area is 125 Å². The first kappa shape index (κ1) is 14.0. The minimum Gasteiger partial charge on any atom is -0.493 e. The highest BCUT2D eigenvalue weighted by Crippen LogP contribution is 2.27. The summed E-state index contributed by atoms with van der Waals surface area (Å²) in [6, 6.07) is 17.8. The predicted octanol–water partition coefficient (Wildman–Crippen LogP) is 3.99. The standard InChI is InChI=1S/C18H21NO2/c19-18-8-4-5-14(18)13-20-15-9-11-17(12-10-15)21-16-6-2-1-3-7-16/h1-3,6-7,9-12,14,18H,4-5,8,13,19H2/t14-,18+/m1/s1. The van der Waals surface area contributed by atoms with Crippen LogP contribution in [0, 0.1) is 5.92 Å². The molecule has 3 rings (SSSR count). The molecule has 2 aromatic rings. The summed E-state index contributed by atoms with van der Waals surface area (Å²) in [4.78, 5) is 0.